The largest absolute Gasteiger partial charge is 0.512 e. The summed E-state index contributed by atoms with van der Waals surface area (Å²) in [7, 11) is 0. The van der Waals surface area contributed by atoms with E-state index in [0.717, 1.165) is 56.3 Å². The fourth-order valence-corrected chi connectivity index (χ4v) is 6.62. The lowest BCUT2D eigenvalue weighted by molar-refractivity contribution is -0.140. The topological polar surface area (TPSA) is 83.8 Å². The zero-order valence-electron chi connectivity index (χ0n) is 22.0. The molecule has 5 nitrogen and oxygen atoms in total. The molecule has 3 aliphatic rings. The smallest absolute Gasteiger partial charge is 0.337 e. The van der Waals surface area contributed by atoms with Crippen LogP contribution in [0.4, 0.5) is 0 Å². The van der Waals surface area contributed by atoms with E-state index in [0.29, 0.717) is 36.7 Å². The molecule has 5 heteroatoms. The van der Waals surface area contributed by atoms with Crippen LogP contribution in [0.25, 0.3) is 0 Å². The Kier molecular flexibility index (Phi) is 13.1. The third-order valence-electron chi connectivity index (χ3n) is 8.53. The van der Waals surface area contributed by atoms with Crippen LogP contribution in [0.3, 0.4) is 0 Å². The number of aliphatic hydroxyl groups is 1. The molecule has 0 radical (unpaired) electrons. The second kappa shape index (κ2) is 15.5. The average Bonchev–Trinajstić information content (AvgIpc) is 2.82. The molecule has 3 rings (SSSR count). The summed E-state index contributed by atoms with van der Waals surface area (Å²) >= 11 is 0. The van der Waals surface area contributed by atoms with Gasteiger partial charge in [0, 0.05) is 13.3 Å². The lowest BCUT2D eigenvalue weighted by Gasteiger charge is -2.40. The zero-order valence-corrected chi connectivity index (χ0v) is 22.0. The van der Waals surface area contributed by atoms with Crippen molar-refractivity contribution in [1.29, 1.82) is 0 Å². The van der Waals surface area contributed by atoms with Gasteiger partial charge in [-0.1, -0.05) is 52.4 Å². The van der Waals surface area contributed by atoms with E-state index in [2.05, 4.69) is 13.8 Å². The van der Waals surface area contributed by atoms with Gasteiger partial charge in [0.2, 0.25) is 0 Å². The number of hydrogen-bond acceptors (Lipinski definition) is 4. The molecular formula is C29H50O5. The molecule has 2 N–H and O–H groups in total. The minimum Gasteiger partial charge on any atom is -0.512 e. The van der Waals surface area contributed by atoms with Crippen LogP contribution in [0.1, 0.15) is 124 Å². The number of hydrogen-bond donors (Lipinski definition) is 2. The molecule has 0 saturated heterocycles. The van der Waals surface area contributed by atoms with Gasteiger partial charge in [-0.2, -0.15) is 0 Å². The van der Waals surface area contributed by atoms with Crippen LogP contribution in [0, 0.1) is 29.6 Å². The summed E-state index contributed by atoms with van der Waals surface area (Å²) in [5, 5.41) is 18.0. The normalized spacial score (nSPS) is 29.7. The van der Waals surface area contributed by atoms with Gasteiger partial charge < -0.3 is 14.9 Å². The van der Waals surface area contributed by atoms with E-state index >= 15 is 0 Å². The molecule has 1 unspecified atom stereocenters. The van der Waals surface area contributed by atoms with Crippen LogP contribution in [-0.4, -0.2) is 28.8 Å². The number of carbonyl (C=O) groups excluding carboxylic acids is 1. The molecule has 0 bridgehead atoms. The number of ether oxygens (including phenoxy) is 1. The number of carboxylic acid groups (broad SMARTS) is 1. The number of esters is 1. The summed E-state index contributed by atoms with van der Waals surface area (Å²) in [6.07, 6.45) is 19.7. The standard InChI is InChI=1S/C27H46O3.C2H4O2/c1-3-5-6-18-30-27(29)25-17-16-24(19-26(25)28)23-14-12-22(13-15-23)21-10-8-20(7-4-2)9-11-21;1-2(3)4/h20-24,28H,3-19H2,1-2H3;1H3,(H,3,4)/t20-,21-,22-,23-,24?;. The first-order chi connectivity index (χ1) is 16.3. The van der Waals surface area contributed by atoms with Gasteiger partial charge in [0.05, 0.1) is 12.2 Å². The van der Waals surface area contributed by atoms with Crippen molar-refractivity contribution in [2.45, 2.75) is 124 Å². The maximum Gasteiger partial charge on any atom is 0.337 e. The van der Waals surface area contributed by atoms with Gasteiger partial charge in [-0.3, -0.25) is 4.79 Å². The van der Waals surface area contributed by atoms with Crippen LogP contribution >= 0.6 is 0 Å². The molecule has 1 atom stereocenters. The van der Waals surface area contributed by atoms with Crippen LogP contribution in [-0.2, 0) is 14.3 Å². The highest BCUT2D eigenvalue weighted by Gasteiger charge is 2.35. The lowest BCUT2D eigenvalue weighted by atomic mass is 9.65. The summed E-state index contributed by atoms with van der Waals surface area (Å²) in [5.74, 6) is 3.45. The fourth-order valence-electron chi connectivity index (χ4n) is 6.62. The van der Waals surface area contributed by atoms with E-state index < -0.39 is 5.97 Å². The van der Waals surface area contributed by atoms with E-state index in [1.165, 1.54) is 64.2 Å². The molecule has 196 valence electrons. The summed E-state index contributed by atoms with van der Waals surface area (Å²) in [6, 6.07) is 0. The van der Waals surface area contributed by atoms with Gasteiger partial charge in [0.1, 0.15) is 5.76 Å². The minimum absolute atomic E-state index is 0.274. The monoisotopic (exact) mass is 478 g/mol. The third-order valence-corrected chi connectivity index (χ3v) is 8.53. The molecular weight excluding hydrogens is 428 g/mol. The highest BCUT2D eigenvalue weighted by atomic mass is 16.5. The molecule has 34 heavy (non-hydrogen) atoms. The Bertz CT molecular complexity index is 635. The Balaban J connectivity index is 0.000000945. The number of aliphatic hydroxyl groups excluding tert-OH is 1. The molecule has 0 aromatic heterocycles. The van der Waals surface area contributed by atoms with E-state index in [1.54, 1.807) is 0 Å². The van der Waals surface area contributed by atoms with Crippen molar-refractivity contribution in [3.8, 4) is 0 Å². The van der Waals surface area contributed by atoms with Crippen molar-refractivity contribution in [3.63, 3.8) is 0 Å². The predicted octanol–water partition coefficient (Wildman–Crippen LogP) is 7.84. The highest BCUT2D eigenvalue weighted by Crippen LogP contribution is 2.46. The van der Waals surface area contributed by atoms with Crippen LogP contribution in [0.15, 0.2) is 11.3 Å². The molecule has 0 aromatic carbocycles. The van der Waals surface area contributed by atoms with Gasteiger partial charge in [-0.25, -0.2) is 4.79 Å². The molecule has 0 aliphatic heterocycles. The lowest BCUT2D eigenvalue weighted by Crippen LogP contribution is -2.30. The SMILES string of the molecule is CC(=O)O.CCCCCOC(=O)C1=C(O)CC([C@H]2CC[C@H]([C@H]3CC[C@H](CCC)CC3)CC2)CC1. The second-order valence-corrected chi connectivity index (χ2v) is 11.0. The fraction of sp³-hybridized carbons (Fsp3) is 0.862. The van der Waals surface area contributed by atoms with Crippen molar-refractivity contribution in [2.75, 3.05) is 6.61 Å². The summed E-state index contributed by atoms with van der Waals surface area (Å²) in [5.41, 5.74) is 0.556. The van der Waals surface area contributed by atoms with Crippen molar-refractivity contribution >= 4 is 11.9 Å². The summed E-state index contributed by atoms with van der Waals surface area (Å²) in [6.45, 7) is 6.03. The molecule has 2 fully saturated rings. The van der Waals surface area contributed by atoms with Crippen LogP contribution in [0.5, 0.6) is 0 Å². The van der Waals surface area contributed by atoms with Crippen molar-refractivity contribution in [2.24, 2.45) is 29.6 Å². The second-order valence-electron chi connectivity index (χ2n) is 11.0. The first-order valence-corrected chi connectivity index (χ1v) is 14.1. The maximum atomic E-state index is 12.3. The zero-order chi connectivity index (χ0) is 24.9. The number of unbranched alkanes of at least 4 members (excludes halogenated alkanes) is 2. The Morgan fingerprint density at radius 1 is 0.824 bits per heavy atom. The Labute approximate surface area is 207 Å². The van der Waals surface area contributed by atoms with Gasteiger partial charge in [-0.05, 0) is 87.4 Å². The van der Waals surface area contributed by atoms with Gasteiger partial charge >= 0.3 is 5.97 Å². The van der Waals surface area contributed by atoms with E-state index in [1.807, 2.05) is 0 Å². The maximum absolute atomic E-state index is 12.3. The van der Waals surface area contributed by atoms with E-state index in [4.69, 9.17) is 14.6 Å². The first kappa shape index (κ1) is 28.7. The number of allylic oxidation sites excluding steroid dienone is 1. The van der Waals surface area contributed by atoms with E-state index in [-0.39, 0.29) is 5.97 Å². The van der Waals surface area contributed by atoms with Gasteiger partial charge in [-0.15, -0.1) is 0 Å². The third kappa shape index (κ3) is 9.62. The molecule has 0 amide bonds. The Hall–Kier alpha value is -1.52. The first-order valence-electron chi connectivity index (χ1n) is 14.1. The predicted molar refractivity (Wildman–Crippen MR) is 137 cm³/mol. The minimum atomic E-state index is -0.833. The van der Waals surface area contributed by atoms with Crippen molar-refractivity contribution in [3.05, 3.63) is 11.3 Å². The Morgan fingerprint density at radius 3 is 1.85 bits per heavy atom. The summed E-state index contributed by atoms with van der Waals surface area (Å²) in [4.78, 5) is 21.3. The number of carbonyl (C=O) groups is 2. The molecule has 0 aromatic rings. The molecule has 2 saturated carbocycles. The number of rotatable bonds is 9. The van der Waals surface area contributed by atoms with Crippen molar-refractivity contribution in [1.82, 2.24) is 0 Å². The quantitative estimate of drug-likeness (QED) is 0.260. The van der Waals surface area contributed by atoms with E-state index in [9.17, 15) is 9.90 Å². The van der Waals surface area contributed by atoms with Crippen molar-refractivity contribution < 1.29 is 24.5 Å². The number of carboxylic acids is 1. The van der Waals surface area contributed by atoms with Crippen LogP contribution < -0.4 is 0 Å². The van der Waals surface area contributed by atoms with Gasteiger partial charge in [0.15, 0.2) is 0 Å². The molecule has 0 spiro atoms. The highest BCUT2D eigenvalue weighted by molar-refractivity contribution is 5.89. The molecule has 3 aliphatic carbocycles. The van der Waals surface area contributed by atoms with Gasteiger partial charge in [0.25, 0.3) is 5.97 Å². The van der Waals surface area contributed by atoms with Crippen LogP contribution in [0.2, 0.25) is 0 Å². The number of aliphatic carboxylic acids is 1. The summed E-state index contributed by atoms with van der Waals surface area (Å²) < 4.78 is 5.38. The average molecular weight is 479 g/mol. The Morgan fingerprint density at radius 2 is 1.35 bits per heavy atom. The molecule has 0 heterocycles.